The molecule has 0 saturated heterocycles. The number of rotatable bonds is 9. The van der Waals surface area contributed by atoms with Crippen molar-refractivity contribution in [1.29, 1.82) is 0 Å². The smallest absolute Gasteiger partial charge is 0.355 e. The Bertz CT molecular complexity index is 1110. The fraction of sp³-hybridized carbons (Fsp3) is 0.143. The third kappa shape index (κ3) is 5.75. The van der Waals surface area contributed by atoms with Crippen LogP contribution in [0.5, 0.6) is 0 Å². The standard InChI is InChI=1S/C21H20N6O5/c1-2-32-21(29)15-8-10-16(11-9-15)24-19-18(27(30)31)20(23-13-22-19)26-25-17(28)12-14-6-4-3-5-7-14/h3-11,13H,2,12H2,1H3,(H,25,28)(H2,22,23,24,26). The van der Waals surface area contributed by atoms with Gasteiger partial charge in [0.25, 0.3) is 0 Å². The van der Waals surface area contributed by atoms with Crippen LogP contribution in [0.3, 0.4) is 0 Å². The molecule has 0 aliphatic carbocycles. The molecule has 0 spiro atoms. The summed E-state index contributed by atoms with van der Waals surface area (Å²) in [5.74, 6) is -1.14. The van der Waals surface area contributed by atoms with Crippen molar-refractivity contribution in [1.82, 2.24) is 15.4 Å². The van der Waals surface area contributed by atoms with Crippen molar-refractivity contribution in [3.05, 3.63) is 82.2 Å². The highest BCUT2D eigenvalue weighted by molar-refractivity contribution is 5.90. The maximum Gasteiger partial charge on any atom is 0.355 e. The van der Waals surface area contributed by atoms with Crippen LogP contribution in [0.1, 0.15) is 22.8 Å². The number of hydrogen-bond acceptors (Lipinski definition) is 9. The second-order valence-corrected chi connectivity index (χ2v) is 6.43. The largest absolute Gasteiger partial charge is 0.462 e. The monoisotopic (exact) mass is 436 g/mol. The Morgan fingerprint density at radius 3 is 2.38 bits per heavy atom. The zero-order valence-electron chi connectivity index (χ0n) is 17.1. The molecule has 0 unspecified atom stereocenters. The van der Waals surface area contributed by atoms with Gasteiger partial charge >= 0.3 is 11.7 Å². The lowest BCUT2D eigenvalue weighted by Crippen LogP contribution is -2.31. The van der Waals surface area contributed by atoms with Crippen LogP contribution in [0.2, 0.25) is 0 Å². The molecule has 0 fully saturated rings. The SMILES string of the molecule is CCOC(=O)c1ccc(Nc2ncnc(NNC(=O)Cc3ccccc3)c2[N+](=O)[O-])cc1. The number of ether oxygens (including phenoxy) is 1. The molecule has 0 bridgehead atoms. The molecule has 0 aliphatic heterocycles. The lowest BCUT2D eigenvalue weighted by atomic mass is 10.1. The highest BCUT2D eigenvalue weighted by atomic mass is 16.6. The third-order valence-electron chi connectivity index (χ3n) is 4.19. The number of benzene rings is 2. The van der Waals surface area contributed by atoms with Gasteiger partial charge in [-0.3, -0.25) is 25.8 Å². The lowest BCUT2D eigenvalue weighted by Gasteiger charge is -2.11. The molecule has 11 nitrogen and oxygen atoms in total. The van der Waals surface area contributed by atoms with Gasteiger partial charge in [0.2, 0.25) is 17.5 Å². The first-order valence-electron chi connectivity index (χ1n) is 9.60. The van der Waals surface area contributed by atoms with E-state index in [1.807, 2.05) is 18.2 Å². The van der Waals surface area contributed by atoms with Crippen LogP contribution in [0.25, 0.3) is 0 Å². The summed E-state index contributed by atoms with van der Waals surface area (Å²) in [4.78, 5) is 42.7. The van der Waals surface area contributed by atoms with Crippen LogP contribution < -0.4 is 16.2 Å². The molecule has 3 N–H and O–H groups in total. The number of carbonyl (C=O) groups is 2. The maximum absolute atomic E-state index is 12.1. The summed E-state index contributed by atoms with van der Waals surface area (Å²) >= 11 is 0. The zero-order valence-corrected chi connectivity index (χ0v) is 17.1. The number of hydrogen-bond donors (Lipinski definition) is 3. The van der Waals surface area contributed by atoms with E-state index in [4.69, 9.17) is 4.74 Å². The summed E-state index contributed by atoms with van der Waals surface area (Å²) in [7, 11) is 0. The van der Waals surface area contributed by atoms with Crippen molar-refractivity contribution in [2.75, 3.05) is 17.3 Å². The second-order valence-electron chi connectivity index (χ2n) is 6.43. The van der Waals surface area contributed by atoms with Crippen LogP contribution in [-0.2, 0) is 16.0 Å². The van der Waals surface area contributed by atoms with Crippen LogP contribution in [0, 0.1) is 10.1 Å². The van der Waals surface area contributed by atoms with Crippen LogP contribution in [0.15, 0.2) is 60.9 Å². The Balaban J connectivity index is 1.72. The van der Waals surface area contributed by atoms with Crippen molar-refractivity contribution in [3.8, 4) is 0 Å². The van der Waals surface area contributed by atoms with Gasteiger partial charge in [0.1, 0.15) is 6.33 Å². The summed E-state index contributed by atoms with van der Waals surface area (Å²) in [6, 6.07) is 15.2. The van der Waals surface area contributed by atoms with Crippen molar-refractivity contribution in [2.45, 2.75) is 13.3 Å². The second kappa shape index (κ2) is 10.5. The molecular formula is C21H20N6O5. The van der Waals surface area contributed by atoms with E-state index in [1.165, 1.54) is 12.1 Å². The van der Waals surface area contributed by atoms with Gasteiger partial charge in [-0.1, -0.05) is 30.3 Å². The Hall–Kier alpha value is -4.54. The predicted octanol–water partition coefficient (Wildman–Crippen LogP) is 2.99. The van der Waals surface area contributed by atoms with Gasteiger partial charge in [-0.2, -0.15) is 0 Å². The Morgan fingerprint density at radius 1 is 1.03 bits per heavy atom. The molecule has 2 aromatic carbocycles. The molecular weight excluding hydrogens is 416 g/mol. The lowest BCUT2D eigenvalue weighted by molar-refractivity contribution is -0.383. The van der Waals surface area contributed by atoms with Crippen molar-refractivity contribution < 1.29 is 19.2 Å². The van der Waals surface area contributed by atoms with E-state index < -0.39 is 22.5 Å². The van der Waals surface area contributed by atoms with Crippen LogP contribution in [0.4, 0.5) is 23.0 Å². The van der Waals surface area contributed by atoms with Gasteiger partial charge in [0.15, 0.2) is 0 Å². The zero-order chi connectivity index (χ0) is 22.9. The van der Waals surface area contributed by atoms with E-state index in [-0.39, 0.29) is 24.7 Å². The molecule has 11 heteroatoms. The van der Waals surface area contributed by atoms with E-state index in [1.54, 1.807) is 31.2 Å². The normalized spacial score (nSPS) is 10.2. The van der Waals surface area contributed by atoms with Gasteiger partial charge in [-0.15, -0.1) is 0 Å². The topological polar surface area (TPSA) is 148 Å². The van der Waals surface area contributed by atoms with Gasteiger partial charge in [0, 0.05) is 5.69 Å². The maximum atomic E-state index is 12.1. The number of nitrogens with one attached hydrogen (secondary N) is 3. The summed E-state index contributed by atoms with van der Waals surface area (Å²) in [5.41, 5.74) is 6.02. The molecule has 3 rings (SSSR count). The average molecular weight is 436 g/mol. The fourth-order valence-electron chi connectivity index (χ4n) is 2.73. The molecule has 164 valence electrons. The van der Waals surface area contributed by atoms with Crippen molar-refractivity contribution in [2.24, 2.45) is 0 Å². The van der Waals surface area contributed by atoms with Gasteiger partial charge in [-0.25, -0.2) is 14.8 Å². The van der Waals surface area contributed by atoms with Crippen molar-refractivity contribution in [3.63, 3.8) is 0 Å². The van der Waals surface area contributed by atoms with Gasteiger partial charge < -0.3 is 10.1 Å². The van der Waals surface area contributed by atoms with E-state index >= 15 is 0 Å². The predicted molar refractivity (Wildman–Crippen MR) is 116 cm³/mol. The number of nitro groups is 1. The number of hydrazine groups is 1. The van der Waals surface area contributed by atoms with E-state index in [0.717, 1.165) is 11.9 Å². The number of amides is 1. The minimum Gasteiger partial charge on any atom is -0.462 e. The Labute approximate surface area is 183 Å². The Kier molecular flexibility index (Phi) is 7.25. The van der Waals surface area contributed by atoms with Crippen LogP contribution in [-0.4, -0.2) is 33.4 Å². The van der Waals surface area contributed by atoms with E-state index in [0.29, 0.717) is 11.3 Å². The first kappa shape index (κ1) is 22.2. The number of esters is 1. The highest BCUT2D eigenvalue weighted by Gasteiger charge is 2.23. The third-order valence-corrected chi connectivity index (χ3v) is 4.19. The summed E-state index contributed by atoms with van der Waals surface area (Å²) in [6.07, 6.45) is 1.21. The number of anilines is 3. The molecule has 1 heterocycles. The number of carbonyl (C=O) groups excluding carboxylic acids is 2. The molecule has 32 heavy (non-hydrogen) atoms. The van der Waals surface area contributed by atoms with Crippen LogP contribution >= 0.6 is 0 Å². The highest BCUT2D eigenvalue weighted by Crippen LogP contribution is 2.30. The van der Waals surface area contributed by atoms with Gasteiger partial charge in [-0.05, 0) is 36.8 Å². The molecule has 0 aliphatic rings. The Morgan fingerprint density at radius 2 is 1.72 bits per heavy atom. The quantitative estimate of drug-likeness (QED) is 0.261. The minimum atomic E-state index is -0.666. The molecule has 1 amide bonds. The fourth-order valence-corrected chi connectivity index (χ4v) is 2.73. The number of aromatic nitrogens is 2. The van der Waals surface area contributed by atoms with Gasteiger partial charge in [0.05, 0.1) is 23.5 Å². The molecule has 0 saturated carbocycles. The summed E-state index contributed by atoms with van der Waals surface area (Å²) in [6.45, 7) is 1.96. The van der Waals surface area contributed by atoms with E-state index in [9.17, 15) is 19.7 Å². The summed E-state index contributed by atoms with van der Waals surface area (Å²) < 4.78 is 4.92. The first-order valence-corrected chi connectivity index (χ1v) is 9.60. The molecule has 1 aromatic heterocycles. The summed E-state index contributed by atoms with van der Waals surface area (Å²) in [5, 5.41) is 14.5. The molecule has 3 aromatic rings. The van der Waals surface area contributed by atoms with E-state index in [2.05, 4.69) is 26.1 Å². The van der Waals surface area contributed by atoms with Crippen molar-refractivity contribution >= 4 is 34.9 Å². The molecule has 0 atom stereocenters. The average Bonchev–Trinajstić information content (AvgIpc) is 2.79. The molecule has 0 radical (unpaired) electrons. The first-order chi connectivity index (χ1) is 15.5. The number of nitrogens with zero attached hydrogens (tertiary/aromatic N) is 3. The minimum absolute atomic E-state index is 0.0879.